The molecule has 1 aliphatic rings. The molecule has 0 aliphatic carbocycles. The maximum absolute atomic E-state index is 13.7. The van der Waals surface area contributed by atoms with Crippen LogP contribution in [0.3, 0.4) is 0 Å². The zero-order chi connectivity index (χ0) is 22.3. The first kappa shape index (κ1) is 21.5. The van der Waals surface area contributed by atoms with Gasteiger partial charge < -0.3 is 4.57 Å². The number of halogens is 2. The number of aryl methyl sites for hydroxylation is 2. The minimum Gasteiger partial charge on any atom is -0.302 e. The summed E-state index contributed by atoms with van der Waals surface area (Å²) in [7, 11) is -1.80. The number of nitrogens with one attached hydrogen (secondary N) is 1. The summed E-state index contributed by atoms with van der Waals surface area (Å²) in [6.07, 6.45) is 4.42. The van der Waals surface area contributed by atoms with E-state index in [1.165, 1.54) is 16.7 Å². The van der Waals surface area contributed by atoms with Crippen molar-refractivity contribution in [3.63, 3.8) is 0 Å². The van der Waals surface area contributed by atoms with E-state index in [2.05, 4.69) is 4.72 Å². The lowest BCUT2D eigenvalue weighted by molar-refractivity contribution is 0.317. The maximum Gasteiger partial charge on any atom is 0.328 e. The van der Waals surface area contributed by atoms with E-state index in [4.69, 9.17) is 0 Å². The van der Waals surface area contributed by atoms with Gasteiger partial charge in [0.1, 0.15) is 11.6 Å². The van der Waals surface area contributed by atoms with Crippen LogP contribution in [0.2, 0.25) is 0 Å². The summed E-state index contributed by atoms with van der Waals surface area (Å²) in [6.45, 7) is 0. The number of sulfonamides is 1. The Balaban J connectivity index is 1.73. The molecule has 2 heterocycles. The van der Waals surface area contributed by atoms with Crippen molar-refractivity contribution in [3.05, 3.63) is 82.0 Å². The minimum absolute atomic E-state index is 0.205. The van der Waals surface area contributed by atoms with Gasteiger partial charge >= 0.3 is 5.69 Å². The predicted octanol–water partition coefficient (Wildman–Crippen LogP) is 2.78. The summed E-state index contributed by atoms with van der Waals surface area (Å²) >= 11 is 0. The van der Waals surface area contributed by atoms with Crippen LogP contribution in [-0.4, -0.2) is 29.8 Å². The first-order chi connectivity index (χ1) is 14.6. The number of benzene rings is 2. The van der Waals surface area contributed by atoms with Gasteiger partial charge in [-0.2, -0.15) is 0 Å². The third-order valence-electron chi connectivity index (χ3n) is 5.60. The van der Waals surface area contributed by atoms with E-state index in [0.29, 0.717) is 30.4 Å². The number of hydrogen-bond acceptors (Lipinski definition) is 3. The molecule has 31 heavy (non-hydrogen) atoms. The first-order valence-electron chi connectivity index (χ1n) is 9.90. The van der Waals surface area contributed by atoms with Crippen molar-refractivity contribution in [2.75, 3.05) is 6.26 Å². The van der Waals surface area contributed by atoms with Crippen LogP contribution in [0.1, 0.15) is 23.7 Å². The Morgan fingerprint density at radius 1 is 1.10 bits per heavy atom. The van der Waals surface area contributed by atoms with Crippen LogP contribution in [0.15, 0.2) is 53.5 Å². The van der Waals surface area contributed by atoms with E-state index in [-0.39, 0.29) is 5.69 Å². The summed E-state index contributed by atoms with van der Waals surface area (Å²) < 4.78 is 57.0. The highest BCUT2D eigenvalue weighted by atomic mass is 32.2. The SMILES string of the molecule is Cn1cc2n(c1=O)C(Cc1cccc(-c3cc(F)cc(F)c3)c1)C(NS(C)(=O)=O)CC2. The second-order valence-corrected chi connectivity index (χ2v) is 9.83. The molecule has 164 valence electrons. The van der Waals surface area contributed by atoms with Crippen molar-refractivity contribution in [3.8, 4) is 11.1 Å². The van der Waals surface area contributed by atoms with Gasteiger partial charge in [-0.1, -0.05) is 24.3 Å². The lowest BCUT2D eigenvalue weighted by atomic mass is 9.91. The molecule has 3 aromatic rings. The maximum atomic E-state index is 13.7. The van der Waals surface area contributed by atoms with E-state index in [0.717, 1.165) is 23.6 Å². The van der Waals surface area contributed by atoms with Gasteiger partial charge in [-0.05, 0) is 48.1 Å². The van der Waals surface area contributed by atoms with E-state index < -0.39 is 33.7 Å². The number of fused-ring (bicyclic) bond motifs is 1. The summed E-state index contributed by atoms with van der Waals surface area (Å²) in [5.74, 6) is -1.32. The summed E-state index contributed by atoms with van der Waals surface area (Å²) in [5.41, 5.74) is 2.53. The number of aromatic nitrogens is 2. The van der Waals surface area contributed by atoms with Gasteiger partial charge in [0.15, 0.2) is 0 Å². The minimum atomic E-state index is -3.47. The molecule has 1 aliphatic heterocycles. The van der Waals surface area contributed by atoms with Crippen LogP contribution < -0.4 is 10.4 Å². The smallest absolute Gasteiger partial charge is 0.302 e. The fraction of sp³-hybridized carbons (Fsp3) is 0.318. The number of rotatable bonds is 5. The highest BCUT2D eigenvalue weighted by Crippen LogP contribution is 2.29. The average molecular weight is 448 g/mol. The summed E-state index contributed by atoms with van der Waals surface area (Å²) in [4.78, 5) is 12.8. The van der Waals surface area contributed by atoms with E-state index in [9.17, 15) is 22.0 Å². The van der Waals surface area contributed by atoms with Crippen LogP contribution in [0.4, 0.5) is 8.78 Å². The van der Waals surface area contributed by atoms with Gasteiger partial charge in [0.25, 0.3) is 0 Å². The molecule has 2 aromatic carbocycles. The zero-order valence-corrected chi connectivity index (χ0v) is 18.0. The fourth-order valence-electron chi connectivity index (χ4n) is 4.34. The molecule has 0 amide bonds. The molecule has 6 nitrogen and oxygen atoms in total. The first-order valence-corrected chi connectivity index (χ1v) is 11.8. The molecule has 0 saturated carbocycles. The van der Waals surface area contributed by atoms with Crippen LogP contribution >= 0.6 is 0 Å². The lowest BCUT2D eigenvalue weighted by Gasteiger charge is -2.33. The van der Waals surface area contributed by atoms with E-state index >= 15 is 0 Å². The molecule has 0 spiro atoms. The molecular formula is C22H23F2N3O3S. The molecule has 4 rings (SSSR count). The molecule has 0 saturated heterocycles. The fourth-order valence-corrected chi connectivity index (χ4v) is 5.16. The largest absolute Gasteiger partial charge is 0.328 e. The van der Waals surface area contributed by atoms with Gasteiger partial charge in [-0.25, -0.2) is 26.7 Å². The second-order valence-electron chi connectivity index (χ2n) is 8.05. The molecule has 0 radical (unpaired) electrons. The van der Waals surface area contributed by atoms with E-state index in [1.807, 2.05) is 12.1 Å². The van der Waals surface area contributed by atoms with Crippen molar-refractivity contribution in [1.29, 1.82) is 0 Å². The second kappa shape index (κ2) is 8.05. The quantitative estimate of drug-likeness (QED) is 0.654. The molecule has 1 aromatic heterocycles. The Morgan fingerprint density at radius 3 is 2.48 bits per heavy atom. The van der Waals surface area contributed by atoms with Crippen molar-refractivity contribution >= 4 is 10.0 Å². The number of hydrogen-bond donors (Lipinski definition) is 1. The van der Waals surface area contributed by atoms with Gasteiger partial charge in [0.05, 0.1) is 12.3 Å². The molecule has 2 unspecified atom stereocenters. The van der Waals surface area contributed by atoms with Gasteiger partial charge in [0.2, 0.25) is 10.0 Å². The van der Waals surface area contributed by atoms with Gasteiger partial charge in [0, 0.05) is 31.0 Å². The molecular weight excluding hydrogens is 424 g/mol. The Morgan fingerprint density at radius 2 is 1.81 bits per heavy atom. The summed E-state index contributed by atoms with van der Waals surface area (Å²) in [5, 5.41) is 0. The highest BCUT2D eigenvalue weighted by molar-refractivity contribution is 7.88. The monoisotopic (exact) mass is 447 g/mol. The number of imidazole rings is 1. The molecule has 0 bridgehead atoms. The molecule has 9 heteroatoms. The van der Waals surface area contributed by atoms with Crippen molar-refractivity contribution in [1.82, 2.24) is 13.9 Å². The van der Waals surface area contributed by atoms with Crippen molar-refractivity contribution in [2.45, 2.75) is 31.3 Å². The Labute approximate surface area is 179 Å². The third-order valence-corrected chi connectivity index (χ3v) is 6.33. The van der Waals surface area contributed by atoms with Gasteiger partial charge in [-0.3, -0.25) is 4.57 Å². The van der Waals surface area contributed by atoms with E-state index in [1.54, 1.807) is 29.9 Å². The standard InChI is InChI=1S/C22H23F2N3O3S/c1-26-13-19-6-7-20(25-31(2,29)30)21(27(19)22(26)28)9-14-4-3-5-15(8-14)16-10-17(23)12-18(24)11-16/h3-5,8,10-13,20-21,25H,6-7,9H2,1-2H3. The Kier molecular flexibility index (Phi) is 5.57. The number of nitrogens with zero attached hydrogens (tertiary/aromatic N) is 2. The molecule has 1 N–H and O–H groups in total. The van der Waals surface area contributed by atoms with Crippen molar-refractivity contribution < 1.29 is 17.2 Å². The summed E-state index contributed by atoms with van der Waals surface area (Å²) in [6, 6.07) is 9.68. The Bertz CT molecular complexity index is 1280. The van der Waals surface area contributed by atoms with Crippen LogP contribution in [-0.2, 0) is 29.9 Å². The van der Waals surface area contributed by atoms with Crippen LogP contribution in [0.25, 0.3) is 11.1 Å². The van der Waals surface area contributed by atoms with Crippen LogP contribution in [0.5, 0.6) is 0 Å². The lowest BCUT2D eigenvalue weighted by Crippen LogP contribution is -2.47. The van der Waals surface area contributed by atoms with Gasteiger partial charge in [-0.15, -0.1) is 0 Å². The normalized spacial score (nSPS) is 18.7. The average Bonchev–Trinajstić information content (AvgIpc) is 2.96. The zero-order valence-electron chi connectivity index (χ0n) is 17.2. The van der Waals surface area contributed by atoms with Crippen molar-refractivity contribution in [2.24, 2.45) is 7.05 Å². The third kappa shape index (κ3) is 4.62. The molecule has 2 atom stereocenters. The Hall–Kier alpha value is -2.78. The predicted molar refractivity (Wildman–Crippen MR) is 114 cm³/mol. The topological polar surface area (TPSA) is 73.1 Å². The van der Waals surface area contributed by atoms with Crippen LogP contribution in [0, 0.1) is 11.6 Å². The molecule has 0 fully saturated rings. The highest BCUT2D eigenvalue weighted by Gasteiger charge is 2.33.